The van der Waals surface area contributed by atoms with Gasteiger partial charge in [-0.3, -0.25) is 14.6 Å². The van der Waals surface area contributed by atoms with Crippen molar-refractivity contribution < 1.29 is 14.3 Å². The Morgan fingerprint density at radius 1 is 1.12 bits per heavy atom. The summed E-state index contributed by atoms with van der Waals surface area (Å²) < 4.78 is 11.0. The summed E-state index contributed by atoms with van der Waals surface area (Å²) >= 11 is 0. The van der Waals surface area contributed by atoms with Crippen molar-refractivity contribution in [3.05, 3.63) is 29.8 Å². The molecule has 7 nitrogen and oxygen atoms in total. The van der Waals surface area contributed by atoms with Gasteiger partial charge in [0.2, 0.25) is 5.91 Å². The van der Waals surface area contributed by atoms with Crippen molar-refractivity contribution in [1.29, 1.82) is 0 Å². The van der Waals surface area contributed by atoms with Crippen LogP contribution in [0.1, 0.15) is 24.8 Å². The summed E-state index contributed by atoms with van der Waals surface area (Å²) in [5.41, 5.74) is 1.24. The fourth-order valence-corrected chi connectivity index (χ4v) is 4.71. The Hall–Kier alpha value is -1.67. The minimum atomic E-state index is 0.292. The van der Waals surface area contributed by atoms with E-state index in [-0.39, 0.29) is 0 Å². The standard InChI is InChI=1S/C25H42N4O3/c1-26(2)13-14-29(25(30)10-12-27-15-17-32-18-16-27)20-22-7-6-11-28(19-22)21-23-8-4-5-9-24(23)31-3/h4-5,8-9,22H,6-7,10-21H2,1-3H3. The number of nitrogens with zero attached hydrogens (tertiary/aromatic N) is 4. The van der Waals surface area contributed by atoms with Crippen molar-refractivity contribution in [2.75, 3.05) is 86.8 Å². The number of piperidine rings is 1. The third-order valence-electron chi connectivity index (χ3n) is 6.58. The molecule has 32 heavy (non-hydrogen) atoms. The van der Waals surface area contributed by atoms with E-state index in [1.807, 2.05) is 12.1 Å². The summed E-state index contributed by atoms with van der Waals surface area (Å²) in [4.78, 5) is 22.3. The van der Waals surface area contributed by atoms with Crippen molar-refractivity contribution in [3.8, 4) is 5.75 Å². The summed E-state index contributed by atoms with van der Waals surface area (Å²) in [6.07, 6.45) is 2.98. The van der Waals surface area contributed by atoms with E-state index < -0.39 is 0 Å². The Morgan fingerprint density at radius 2 is 1.91 bits per heavy atom. The lowest BCUT2D eigenvalue weighted by atomic mass is 9.96. The zero-order valence-corrected chi connectivity index (χ0v) is 20.3. The molecule has 0 spiro atoms. The number of carbonyl (C=O) groups is 1. The number of likely N-dealkylation sites (tertiary alicyclic amines) is 1. The average molecular weight is 447 g/mol. The third-order valence-corrected chi connectivity index (χ3v) is 6.58. The normalized spacial score (nSPS) is 20.4. The number of carbonyl (C=O) groups excluding carboxylic acids is 1. The number of para-hydroxylation sites is 1. The van der Waals surface area contributed by atoms with Crippen LogP contribution in [0.4, 0.5) is 0 Å². The van der Waals surface area contributed by atoms with Gasteiger partial charge in [0.1, 0.15) is 5.75 Å². The predicted octanol–water partition coefficient (Wildman–Crippen LogP) is 2.02. The van der Waals surface area contributed by atoms with E-state index in [4.69, 9.17) is 9.47 Å². The van der Waals surface area contributed by atoms with E-state index in [0.29, 0.717) is 18.2 Å². The van der Waals surface area contributed by atoms with Gasteiger partial charge in [0.05, 0.1) is 20.3 Å². The molecule has 0 saturated carbocycles. The molecule has 2 fully saturated rings. The molecule has 1 atom stereocenters. The van der Waals surface area contributed by atoms with Crippen LogP contribution in [0.3, 0.4) is 0 Å². The van der Waals surface area contributed by atoms with E-state index in [1.54, 1.807) is 7.11 Å². The highest BCUT2D eigenvalue weighted by molar-refractivity contribution is 5.76. The number of hydrogen-bond acceptors (Lipinski definition) is 6. The van der Waals surface area contributed by atoms with Crippen LogP contribution < -0.4 is 4.74 Å². The van der Waals surface area contributed by atoms with Gasteiger partial charge in [-0.2, -0.15) is 0 Å². The SMILES string of the molecule is COc1ccccc1CN1CCCC(CN(CCN(C)C)C(=O)CCN2CCOCC2)C1. The van der Waals surface area contributed by atoms with Crippen molar-refractivity contribution in [2.24, 2.45) is 5.92 Å². The average Bonchev–Trinajstić information content (AvgIpc) is 2.81. The molecule has 0 aliphatic carbocycles. The van der Waals surface area contributed by atoms with Crippen LogP contribution in [-0.2, 0) is 16.1 Å². The molecule has 1 amide bonds. The number of rotatable bonds is 11. The summed E-state index contributed by atoms with van der Waals surface area (Å²) in [5, 5.41) is 0. The zero-order valence-electron chi connectivity index (χ0n) is 20.3. The van der Waals surface area contributed by atoms with Gasteiger partial charge in [0.15, 0.2) is 0 Å². The van der Waals surface area contributed by atoms with Crippen LogP contribution in [0.25, 0.3) is 0 Å². The lowest BCUT2D eigenvalue weighted by Crippen LogP contribution is -2.45. The van der Waals surface area contributed by atoms with Gasteiger partial charge in [-0.1, -0.05) is 18.2 Å². The molecule has 1 unspecified atom stereocenters. The molecule has 7 heteroatoms. The minimum Gasteiger partial charge on any atom is -0.496 e. The summed E-state index contributed by atoms with van der Waals surface area (Å²) in [5.74, 6) is 1.77. The smallest absolute Gasteiger partial charge is 0.223 e. The van der Waals surface area contributed by atoms with Crippen molar-refractivity contribution in [3.63, 3.8) is 0 Å². The van der Waals surface area contributed by atoms with E-state index in [2.05, 4.69) is 45.8 Å². The first-order chi connectivity index (χ1) is 15.5. The monoisotopic (exact) mass is 446 g/mol. The second-order valence-corrected chi connectivity index (χ2v) is 9.40. The largest absolute Gasteiger partial charge is 0.496 e. The topological polar surface area (TPSA) is 48.5 Å². The first-order valence-electron chi connectivity index (χ1n) is 12.1. The molecule has 2 saturated heterocycles. The van der Waals surface area contributed by atoms with E-state index in [0.717, 1.165) is 77.9 Å². The summed E-state index contributed by atoms with van der Waals surface area (Å²) in [6.45, 7) is 9.89. The Bertz CT molecular complexity index is 694. The highest BCUT2D eigenvalue weighted by Gasteiger charge is 2.25. The zero-order chi connectivity index (χ0) is 22.8. The number of ether oxygens (including phenoxy) is 2. The van der Waals surface area contributed by atoms with Gasteiger partial charge in [0, 0.05) is 64.3 Å². The fraction of sp³-hybridized carbons (Fsp3) is 0.720. The predicted molar refractivity (Wildman–Crippen MR) is 128 cm³/mol. The maximum atomic E-state index is 13.1. The van der Waals surface area contributed by atoms with Gasteiger partial charge in [-0.25, -0.2) is 0 Å². The molecule has 0 N–H and O–H groups in total. The van der Waals surface area contributed by atoms with Crippen LogP contribution >= 0.6 is 0 Å². The molecule has 2 aliphatic heterocycles. The molecule has 0 aromatic heterocycles. The van der Waals surface area contributed by atoms with E-state index in [9.17, 15) is 4.79 Å². The Balaban J connectivity index is 1.54. The van der Waals surface area contributed by atoms with Gasteiger partial charge >= 0.3 is 0 Å². The number of likely N-dealkylation sites (N-methyl/N-ethyl adjacent to an activating group) is 1. The number of hydrogen-bond donors (Lipinski definition) is 0. The number of amides is 1. The van der Waals surface area contributed by atoms with Crippen molar-refractivity contribution in [1.82, 2.24) is 19.6 Å². The second kappa shape index (κ2) is 13.1. The van der Waals surface area contributed by atoms with E-state index in [1.165, 1.54) is 18.4 Å². The molecule has 1 aromatic rings. The molecular weight excluding hydrogens is 404 g/mol. The van der Waals surface area contributed by atoms with Gasteiger partial charge in [-0.15, -0.1) is 0 Å². The second-order valence-electron chi connectivity index (χ2n) is 9.40. The number of morpholine rings is 1. The fourth-order valence-electron chi connectivity index (χ4n) is 4.71. The minimum absolute atomic E-state index is 0.292. The molecule has 3 rings (SSSR count). The third kappa shape index (κ3) is 8.03. The number of methoxy groups -OCH3 is 1. The quantitative estimate of drug-likeness (QED) is 0.518. The molecule has 2 heterocycles. The maximum absolute atomic E-state index is 13.1. The lowest BCUT2D eigenvalue weighted by Gasteiger charge is -2.36. The Kier molecular flexibility index (Phi) is 10.2. The first-order valence-corrected chi connectivity index (χ1v) is 12.1. The van der Waals surface area contributed by atoms with Crippen LogP contribution in [0, 0.1) is 5.92 Å². The van der Waals surface area contributed by atoms with Gasteiger partial charge < -0.3 is 19.3 Å². The molecule has 180 valence electrons. The molecule has 0 bridgehead atoms. The first kappa shape index (κ1) is 25.0. The van der Waals surface area contributed by atoms with Crippen LogP contribution in [0.5, 0.6) is 5.75 Å². The van der Waals surface area contributed by atoms with Gasteiger partial charge in [0.25, 0.3) is 0 Å². The molecule has 2 aliphatic rings. The highest BCUT2D eigenvalue weighted by atomic mass is 16.5. The van der Waals surface area contributed by atoms with E-state index >= 15 is 0 Å². The van der Waals surface area contributed by atoms with Crippen LogP contribution in [0.2, 0.25) is 0 Å². The molecular formula is C25H42N4O3. The maximum Gasteiger partial charge on any atom is 0.223 e. The Labute approximate surface area is 194 Å². The van der Waals surface area contributed by atoms with Crippen molar-refractivity contribution in [2.45, 2.75) is 25.8 Å². The van der Waals surface area contributed by atoms with Crippen LogP contribution in [-0.4, -0.2) is 112 Å². The van der Waals surface area contributed by atoms with Crippen LogP contribution in [0.15, 0.2) is 24.3 Å². The number of benzene rings is 1. The molecule has 1 aromatic carbocycles. The summed E-state index contributed by atoms with van der Waals surface area (Å²) in [6, 6.07) is 8.29. The van der Waals surface area contributed by atoms with Gasteiger partial charge in [-0.05, 0) is 45.5 Å². The lowest BCUT2D eigenvalue weighted by molar-refractivity contribution is -0.133. The molecule has 0 radical (unpaired) electrons. The highest BCUT2D eigenvalue weighted by Crippen LogP contribution is 2.24. The van der Waals surface area contributed by atoms with Crippen molar-refractivity contribution >= 4 is 5.91 Å². The Morgan fingerprint density at radius 3 is 2.66 bits per heavy atom. The summed E-state index contributed by atoms with van der Waals surface area (Å²) in [7, 11) is 5.89.